The van der Waals surface area contributed by atoms with Crippen molar-refractivity contribution >= 4 is 17.3 Å². The molecule has 9 heteroatoms. The molecule has 2 unspecified atom stereocenters. The Hall–Kier alpha value is -1.97. The number of ether oxygens (including phenoxy) is 2. The minimum Gasteiger partial charge on any atom is -0.462 e. The van der Waals surface area contributed by atoms with Crippen molar-refractivity contribution in [2.45, 2.75) is 265 Å². The van der Waals surface area contributed by atoms with Gasteiger partial charge >= 0.3 is 5.97 Å². The Bertz CT molecular complexity index is 1170. The van der Waals surface area contributed by atoms with E-state index in [1.807, 2.05) is 0 Å². The Morgan fingerprint density at radius 1 is 0.550 bits per heavy atom. The minimum atomic E-state index is -0.655. The molecule has 0 radical (unpaired) electrons. The lowest BCUT2D eigenvalue weighted by atomic mass is 10.0. The van der Waals surface area contributed by atoms with Gasteiger partial charge in [-0.15, -0.1) is 0 Å². The number of esters is 1. The Morgan fingerprint density at radius 2 is 0.967 bits per heavy atom. The largest absolute Gasteiger partial charge is 0.462 e. The molecule has 352 valence electrons. The second kappa shape index (κ2) is 39.8. The van der Waals surface area contributed by atoms with E-state index in [1.165, 1.54) is 122 Å². The molecule has 0 fully saturated rings. The van der Waals surface area contributed by atoms with Gasteiger partial charge in [0.05, 0.1) is 6.10 Å². The SMILES string of the molecule is CCCCCCCCC(C)OC(O)CCCCCCCN(CCCCCCCC(=O)OC(CCCCCCCC)CCCCCCCC)CCCNc1c(NC)c(=O)c1=O. The first kappa shape index (κ1) is 56.0. The van der Waals surface area contributed by atoms with Gasteiger partial charge < -0.3 is 30.1 Å². The summed E-state index contributed by atoms with van der Waals surface area (Å²) in [6.45, 7) is 12.6. The number of nitrogens with one attached hydrogen (secondary N) is 2. The van der Waals surface area contributed by atoms with Gasteiger partial charge in [-0.25, -0.2) is 0 Å². The summed E-state index contributed by atoms with van der Waals surface area (Å²) >= 11 is 0. The maximum Gasteiger partial charge on any atom is 0.306 e. The van der Waals surface area contributed by atoms with Crippen LogP contribution >= 0.6 is 0 Å². The number of hydrogen-bond donors (Lipinski definition) is 3. The van der Waals surface area contributed by atoms with Crippen LogP contribution in [0.25, 0.3) is 0 Å². The summed E-state index contributed by atoms with van der Waals surface area (Å²) in [5, 5.41) is 16.4. The summed E-state index contributed by atoms with van der Waals surface area (Å²) < 4.78 is 11.9. The van der Waals surface area contributed by atoms with Gasteiger partial charge in [0.15, 0.2) is 6.29 Å². The first-order valence-corrected chi connectivity index (χ1v) is 25.8. The summed E-state index contributed by atoms with van der Waals surface area (Å²) in [6, 6.07) is 0. The Morgan fingerprint density at radius 3 is 1.48 bits per heavy atom. The lowest BCUT2D eigenvalue weighted by molar-refractivity contribution is -0.150. The molecule has 0 saturated carbocycles. The normalized spacial score (nSPS) is 12.8. The molecular formula is C51H97N3O6. The molecule has 3 N–H and O–H groups in total. The van der Waals surface area contributed by atoms with Crippen molar-refractivity contribution in [3.63, 3.8) is 0 Å². The van der Waals surface area contributed by atoms with E-state index in [0.29, 0.717) is 30.8 Å². The first-order valence-electron chi connectivity index (χ1n) is 25.8. The highest BCUT2D eigenvalue weighted by Crippen LogP contribution is 2.19. The van der Waals surface area contributed by atoms with Crippen molar-refractivity contribution in [1.29, 1.82) is 0 Å². The number of unbranched alkanes of at least 4 members (excludes halogenated alkanes) is 23. The second-order valence-corrected chi connectivity index (χ2v) is 18.0. The van der Waals surface area contributed by atoms with Gasteiger partial charge in [0.25, 0.3) is 10.9 Å². The number of aliphatic hydroxyl groups is 1. The highest BCUT2D eigenvalue weighted by atomic mass is 16.6. The number of carbonyl (C=O) groups excluding carboxylic acids is 1. The highest BCUT2D eigenvalue weighted by Gasteiger charge is 2.19. The maximum absolute atomic E-state index is 12.9. The molecule has 0 bridgehead atoms. The van der Waals surface area contributed by atoms with E-state index in [2.05, 4.69) is 43.2 Å². The third kappa shape index (κ3) is 30.1. The van der Waals surface area contributed by atoms with Gasteiger partial charge in [-0.2, -0.15) is 0 Å². The molecule has 0 aliphatic carbocycles. The molecule has 0 aromatic heterocycles. The number of rotatable bonds is 46. The quantitative estimate of drug-likeness (QED) is 0.0255. The van der Waals surface area contributed by atoms with Gasteiger partial charge in [-0.05, 0) is 97.2 Å². The van der Waals surface area contributed by atoms with Crippen molar-refractivity contribution in [3.05, 3.63) is 20.4 Å². The van der Waals surface area contributed by atoms with E-state index in [9.17, 15) is 19.5 Å². The standard InChI is InChI=1S/C51H97N3O6/c1-6-9-12-15-20-27-35-44(4)59-46(55)38-30-23-18-25-32-41-54(43-34-40-53-49-48(52-5)50(57)51(49)58)42-33-26-19-24-31-39-47(56)60-45(36-28-21-16-13-10-7-2)37-29-22-17-14-11-8-3/h44-46,52-53,55H,6-43H2,1-5H3. The van der Waals surface area contributed by atoms with Gasteiger partial charge in [0.1, 0.15) is 17.5 Å². The van der Waals surface area contributed by atoms with Crippen LogP contribution in [0.4, 0.5) is 11.4 Å². The summed E-state index contributed by atoms with van der Waals surface area (Å²) in [6.07, 6.45) is 38.6. The fourth-order valence-electron chi connectivity index (χ4n) is 8.40. The van der Waals surface area contributed by atoms with Crippen molar-refractivity contribution in [3.8, 4) is 0 Å². The third-order valence-electron chi connectivity index (χ3n) is 12.3. The van der Waals surface area contributed by atoms with Gasteiger partial charge in [-0.3, -0.25) is 14.4 Å². The molecule has 0 spiro atoms. The monoisotopic (exact) mass is 848 g/mol. The summed E-state index contributed by atoms with van der Waals surface area (Å²) in [4.78, 5) is 39.2. The van der Waals surface area contributed by atoms with Crippen LogP contribution in [0.3, 0.4) is 0 Å². The highest BCUT2D eigenvalue weighted by molar-refractivity contribution is 5.73. The van der Waals surface area contributed by atoms with Crippen LogP contribution in [-0.4, -0.2) is 67.7 Å². The van der Waals surface area contributed by atoms with Gasteiger partial charge in [0.2, 0.25) is 0 Å². The van der Waals surface area contributed by atoms with Crippen molar-refractivity contribution in [2.24, 2.45) is 0 Å². The van der Waals surface area contributed by atoms with E-state index >= 15 is 0 Å². The number of carbonyl (C=O) groups is 1. The number of aliphatic hydroxyl groups excluding tert-OH is 1. The van der Waals surface area contributed by atoms with Crippen LogP contribution in [0.1, 0.15) is 246 Å². The van der Waals surface area contributed by atoms with Crippen LogP contribution in [-0.2, 0) is 14.3 Å². The summed E-state index contributed by atoms with van der Waals surface area (Å²) in [5.41, 5.74) is -0.0398. The molecule has 1 aromatic rings. The van der Waals surface area contributed by atoms with E-state index in [-0.39, 0.29) is 18.2 Å². The Labute approximate surface area is 369 Å². The molecule has 0 heterocycles. The fourth-order valence-corrected chi connectivity index (χ4v) is 8.40. The van der Waals surface area contributed by atoms with E-state index in [1.54, 1.807) is 7.05 Å². The van der Waals surface area contributed by atoms with Crippen LogP contribution in [0, 0.1) is 0 Å². The maximum atomic E-state index is 12.9. The minimum absolute atomic E-state index is 0.000215. The third-order valence-corrected chi connectivity index (χ3v) is 12.3. The molecule has 0 saturated heterocycles. The predicted molar refractivity (Wildman–Crippen MR) is 256 cm³/mol. The second-order valence-electron chi connectivity index (χ2n) is 18.0. The summed E-state index contributed by atoms with van der Waals surface area (Å²) in [7, 11) is 1.68. The van der Waals surface area contributed by atoms with Gasteiger partial charge in [0, 0.05) is 20.0 Å². The number of hydrogen-bond acceptors (Lipinski definition) is 9. The van der Waals surface area contributed by atoms with Crippen LogP contribution < -0.4 is 21.5 Å². The van der Waals surface area contributed by atoms with Crippen LogP contribution in [0.15, 0.2) is 9.59 Å². The lowest BCUT2D eigenvalue weighted by Gasteiger charge is -2.23. The molecule has 60 heavy (non-hydrogen) atoms. The van der Waals surface area contributed by atoms with Crippen molar-refractivity contribution in [1.82, 2.24) is 4.90 Å². The molecule has 1 rings (SSSR count). The first-order chi connectivity index (χ1) is 29.3. The van der Waals surface area contributed by atoms with Crippen LogP contribution in [0.2, 0.25) is 0 Å². The average molecular weight is 848 g/mol. The van der Waals surface area contributed by atoms with E-state index < -0.39 is 17.1 Å². The smallest absolute Gasteiger partial charge is 0.306 e. The molecule has 0 aliphatic heterocycles. The summed E-state index contributed by atoms with van der Waals surface area (Å²) in [5.74, 6) is 0.000215. The molecule has 0 aliphatic rings. The van der Waals surface area contributed by atoms with Crippen molar-refractivity contribution < 1.29 is 19.4 Å². The molecular weight excluding hydrogens is 751 g/mol. The molecule has 2 atom stereocenters. The lowest BCUT2D eigenvalue weighted by Crippen LogP contribution is -2.37. The Kier molecular flexibility index (Phi) is 37.2. The van der Waals surface area contributed by atoms with Gasteiger partial charge in [-0.1, -0.05) is 162 Å². The Balaban J connectivity index is 2.38. The molecule has 0 amide bonds. The number of anilines is 2. The predicted octanol–water partition coefficient (Wildman–Crippen LogP) is 13.0. The fraction of sp³-hybridized carbons (Fsp3) is 0.902. The molecule has 1 aromatic carbocycles. The average Bonchev–Trinajstić information content (AvgIpc) is 3.23. The number of nitrogens with zero attached hydrogens (tertiary/aromatic N) is 1. The molecule has 9 nitrogen and oxygen atoms in total. The zero-order chi connectivity index (χ0) is 43.9. The zero-order valence-electron chi connectivity index (χ0n) is 40.0. The topological polar surface area (TPSA) is 117 Å². The van der Waals surface area contributed by atoms with E-state index in [0.717, 1.165) is 103 Å². The van der Waals surface area contributed by atoms with Crippen molar-refractivity contribution in [2.75, 3.05) is 43.9 Å². The van der Waals surface area contributed by atoms with Crippen LogP contribution in [0.5, 0.6) is 0 Å². The zero-order valence-corrected chi connectivity index (χ0v) is 40.0. The van der Waals surface area contributed by atoms with E-state index in [4.69, 9.17) is 9.47 Å².